The highest BCUT2D eigenvalue weighted by Crippen LogP contribution is 2.24. The van der Waals surface area contributed by atoms with Crippen LogP contribution in [-0.4, -0.2) is 74.8 Å². The van der Waals surface area contributed by atoms with Crippen LogP contribution in [0.25, 0.3) is 0 Å². The first kappa shape index (κ1) is 21.6. The van der Waals surface area contributed by atoms with E-state index in [1.54, 1.807) is 0 Å². The number of carbonyl (C=O) groups excluding carboxylic acids is 1. The maximum absolute atomic E-state index is 12.0. The number of ether oxygens (including phenoxy) is 2. The monoisotopic (exact) mass is 402 g/mol. The molecule has 0 aromatic heterocycles. The first-order valence-electron chi connectivity index (χ1n) is 10.6. The molecule has 0 radical (unpaired) electrons. The molecule has 2 saturated heterocycles. The quantitative estimate of drug-likeness (QED) is 0.444. The van der Waals surface area contributed by atoms with E-state index in [9.17, 15) is 4.79 Å². The number of methoxy groups -OCH3 is 1. The van der Waals surface area contributed by atoms with Gasteiger partial charge in [-0.15, -0.1) is 0 Å². The predicted molar refractivity (Wildman–Crippen MR) is 114 cm³/mol. The Kier molecular flexibility index (Phi) is 7.89. The van der Waals surface area contributed by atoms with Crippen LogP contribution in [0.5, 0.6) is 0 Å². The summed E-state index contributed by atoms with van der Waals surface area (Å²) >= 11 is 0. The van der Waals surface area contributed by atoms with Crippen molar-refractivity contribution in [1.29, 1.82) is 0 Å². The predicted octanol–water partition coefficient (Wildman–Crippen LogP) is 1.73. The molecule has 7 nitrogen and oxygen atoms in total. The molecule has 0 amide bonds. The van der Waals surface area contributed by atoms with Gasteiger partial charge in [-0.1, -0.05) is 31.2 Å². The minimum Gasteiger partial charge on any atom is -0.469 e. The molecule has 1 N–H and O–H groups in total. The van der Waals surface area contributed by atoms with E-state index in [1.807, 2.05) is 0 Å². The second-order valence-electron chi connectivity index (χ2n) is 7.89. The molecular formula is C22H34N4O3. The lowest BCUT2D eigenvalue weighted by Crippen LogP contribution is -2.40. The summed E-state index contributed by atoms with van der Waals surface area (Å²) in [5.41, 5.74) is 2.50. The number of likely N-dealkylation sites (tertiary alicyclic amines) is 1. The lowest BCUT2D eigenvalue weighted by Gasteiger charge is -2.26. The molecule has 3 rings (SSSR count). The zero-order valence-corrected chi connectivity index (χ0v) is 17.9. The molecule has 1 aromatic rings. The highest BCUT2D eigenvalue weighted by atomic mass is 16.5. The van der Waals surface area contributed by atoms with Crippen LogP contribution < -0.4 is 5.32 Å². The number of guanidine groups is 1. The topological polar surface area (TPSA) is 66.4 Å². The molecule has 0 aliphatic carbocycles. The van der Waals surface area contributed by atoms with E-state index in [-0.39, 0.29) is 17.8 Å². The first-order chi connectivity index (χ1) is 14.1. The summed E-state index contributed by atoms with van der Waals surface area (Å²) in [7, 11) is 1.46. The zero-order valence-electron chi connectivity index (χ0n) is 17.9. The molecule has 2 atom stereocenters. The van der Waals surface area contributed by atoms with Crippen LogP contribution in [0, 0.1) is 11.8 Å². The number of hydrogen-bond acceptors (Lipinski definition) is 5. The van der Waals surface area contributed by atoms with Gasteiger partial charge in [0.15, 0.2) is 5.96 Å². The summed E-state index contributed by atoms with van der Waals surface area (Å²) in [5.74, 6) is 0.893. The molecule has 2 fully saturated rings. The van der Waals surface area contributed by atoms with E-state index in [0.717, 1.165) is 51.9 Å². The van der Waals surface area contributed by atoms with Crippen LogP contribution in [-0.2, 0) is 27.4 Å². The molecule has 2 unspecified atom stereocenters. The van der Waals surface area contributed by atoms with Gasteiger partial charge in [0.2, 0.25) is 0 Å². The van der Waals surface area contributed by atoms with E-state index >= 15 is 0 Å². The number of nitrogens with one attached hydrogen (secondary N) is 1. The lowest BCUT2D eigenvalue weighted by molar-refractivity contribution is -0.145. The van der Waals surface area contributed by atoms with Crippen molar-refractivity contribution < 1.29 is 14.3 Å². The molecule has 0 bridgehead atoms. The van der Waals surface area contributed by atoms with Crippen LogP contribution in [0.2, 0.25) is 0 Å². The van der Waals surface area contributed by atoms with Crippen LogP contribution in [0.1, 0.15) is 25.0 Å². The third-order valence-electron chi connectivity index (χ3n) is 5.69. The SMILES string of the molecule is CCNC(=NCc1ccc(CN2CCOCC2)cc1)N1CC(C)C(C(=O)OC)C1. The van der Waals surface area contributed by atoms with Crippen molar-refractivity contribution in [2.45, 2.75) is 26.9 Å². The molecule has 7 heteroatoms. The minimum absolute atomic E-state index is 0.0941. The molecule has 0 spiro atoms. The van der Waals surface area contributed by atoms with Gasteiger partial charge in [-0.2, -0.15) is 0 Å². The van der Waals surface area contributed by atoms with E-state index in [2.05, 4.69) is 53.2 Å². The van der Waals surface area contributed by atoms with E-state index in [0.29, 0.717) is 13.1 Å². The number of benzene rings is 1. The molecule has 160 valence electrons. The normalized spacial score (nSPS) is 23.3. The lowest BCUT2D eigenvalue weighted by atomic mass is 9.99. The fourth-order valence-corrected chi connectivity index (χ4v) is 3.96. The van der Waals surface area contributed by atoms with Crippen molar-refractivity contribution >= 4 is 11.9 Å². The van der Waals surface area contributed by atoms with Gasteiger partial charge in [-0.3, -0.25) is 9.69 Å². The van der Waals surface area contributed by atoms with Gasteiger partial charge in [-0.25, -0.2) is 4.99 Å². The van der Waals surface area contributed by atoms with Crippen molar-refractivity contribution in [3.63, 3.8) is 0 Å². The third-order valence-corrected chi connectivity index (χ3v) is 5.69. The molecule has 29 heavy (non-hydrogen) atoms. The van der Waals surface area contributed by atoms with Gasteiger partial charge in [0.25, 0.3) is 0 Å². The number of esters is 1. The Bertz CT molecular complexity index is 686. The van der Waals surface area contributed by atoms with Crippen LogP contribution in [0.15, 0.2) is 29.3 Å². The molecule has 0 saturated carbocycles. The number of carbonyl (C=O) groups is 1. The summed E-state index contributed by atoms with van der Waals surface area (Å²) in [6.45, 7) is 11.7. The highest BCUT2D eigenvalue weighted by Gasteiger charge is 2.36. The number of rotatable bonds is 6. The largest absolute Gasteiger partial charge is 0.469 e. The number of hydrogen-bond donors (Lipinski definition) is 1. The number of morpholine rings is 1. The summed E-state index contributed by atoms with van der Waals surface area (Å²) in [5, 5.41) is 3.36. The molecular weight excluding hydrogens is 368 g/mol. The molecule has 1 aromatic carbocycles. The Morgan fingerprint density at radius 1 is 1.21 bits per heavy atom. The van der Waals surface area contributed by atoms with Crippen LogP contribution in [0.3, 0.4) is 0 Å². The van der Waals surface area contributed by atoms with E-state index in [1.165, 1.54) is 18.2 Å². The maximum Gasteiger partial charge on any atom is 0.310 e. The zero-order chi connectivity index (χ0) is 20.6. The third kappa shape index (κ3) is 5.93. The summed E-state index contributed by atoms with van der Waals surface area (Å²) in [6, 6.07) is 8.70. The average Bonchev–Trinajstić information content (AvgIpc) is 3.14. The van der Waals surface area contributed by atoms with Crippen molar-refractivity contribution in [3.05, 3.63) is 35.4 Å². The van der Waals surface area contributed by atoms with E-state index < -0.39 is 0 Å². The van der Waals surface area contributed by atoms with Gasteiger partial charge in [0.05, 0.1) is 32.8 Å². The minimum atomic E-state index is -0.133. The fourth-order valence-electron chi connectivity index (χ4n) is 3.96. The fraction of sp³-hybridized carbons (Fsp3) is 0.636. The van der Waals surface area contributed by atoms with Gasteiger partial charge in [-0.05, 0) is 24.0 Å². The van der Waals surface area contributed by atoms with Crippen molar-refractivity contribution in [2.75, 3.05) is 53.0 Å². The van der Waals surface area contributed by atoms with Gasteiger partial charge < -0.3 is 19.7 Å². The second kappa shape index (κ2) is 10.6. The van der Waals surface area contributed by atoms with Crippen molar-refractivity contribution in [2.24, 2.45) is 16.8 Å². The Balaban J connectivity index is 1.59. The maximum atomic E-state index is 12.0. The summed E-state index contributed by atoms with van der Waals surface area (Å²) < 4.78 is 10.4. The van der Waals surface area contributed by atoms with Gasteiger partial charge >= 0.3 is 5.97 Å². The number of aliphatic imine (C=N–C) groups is 1. The molecule has 2 aliphatic heterocycles. The Morgan fingerprint density at radius 2 is 1.90 bits per heavy atom. The van der Waals surface area contributed by atoms with Crippen molar-refractivity contribution in [1.82, 2.24) is 15.1 Å². The summed E-state index contributed by atoms with van der Waals surface area (Å²) in [6.07, 6.45) is 0. The first-order valence-corrected chi connectivity index (χ1v) is 10.6. The Labute approximate surface area is 174 Å². The standard InChI is InChI=1S/C22H34N4O3/c1-4-23-22(26-14-17(2)20(16-26)21(27)28-3)24-13-18-5-7-19(8-6-18)15-25-9-11-29-12-10-25/h5-8,17,20H,4,9-16H2,1-3H3,(H,23,24). The number of nitrogens with zero attached hydrogens (tertiary/aromatic N) is 3. The average molecular weight is 403 g/mol. The van der Waals surface area contributed by atoms with Gasteiger partial charge in [0, 0.05) is 39.3 Å². The Hall–Kier alpha value is -2.12. The molecule has 2 aliphatic rings. The Morgan fingerprint density at radius 3 is 2.55 bits per heavy atom. The van der Waals surface area contributed by atoms with Gasteiger partial charge in [0.1, 0.15) is 0 Å². The molecule has 2 heterocycles. The van der Waals surface area contributed by atoms with Crippen LogP contribution >= 0.6 is 0 Å². The van der Waals surface area contributed by atoms with Crippen molar-refractivity contribution in [3.8, 4) is 0 Å². The smallest absolute Gasteiger partial charge is 0.310 e. The van der Waals surface area contributed by atoms with E-state index in [4.69, 9.17) is 14.5 Å². The highest BCUT2D eigenvalue weighted by molar-refractivity contribution is 5.82. The second-order valence-corrected chi connectivity index (χ2v) is 7.89. The van der Waals surface area contributed by atoms with Crippen LogP contribution in [0.4, 0.5) is 0 Å². The summed E-state index contributed by atoms with van der Waals surface area (Å²) in [4.78, 5) is 21.4.